The van der Waals surface area contributed by atoms with Crippen molar-refractivity contribution in [3.05, 3.63) is 0 Å². The van der Waals surface area contributed by atoms with E-state index in [1.807, 2.05) is 20.8 Å². The van der Waals surface area contributed by atoms with Crippen LogP contribution in [0.15, 0.2) is 0 Å². The summed E-state index contributed by atoms with van der Waals surface area (Å²) in [7, 11) is -3.31. The minimum absolute atomic E-state index is 0.0289. The fraction of sp³-hybridized carbons (Fsp3) is 0.923. The molecule has 0 saturated heterocycles. The van der Waals surface area contributed by atoms with E-state index in [0.717, 1.165) is 25.7 Å². The largest absolute Gasteiger partial charge is 0.342 e. The third-order valence-corrected chi connectivity index (χ3v) is 4.13. The Morgan fingerprint density at radius 1 is 0.947 bits per heavy atom. The average Bonchev–Trinajstić information content (AvgIpc) is 2.32. The summed E-state index contributed by atoms with van der Waals surface area (Å²) in [6.07, 6.45) is 4.63. The fourth-order valence-electron chi connectivity index (χ4n) is 1.85. The summed E-state index contributed by atoms with van der Waals surface area (Å²) in [5, 5.41) is 0. The number of hydrogen-bond donors (Lipinski definition) is 0. The van der Waals surface area contributed by atoms with Crippen LogP contribution in [-0.2, 0) is 14.8 Å². The molecule has 0 aliphatic rings. The Morgan fingerprint density at radius 2 is 1.47 bits per heavy atom. The Bertz CT molecular complexity index is 349. The molecule has 6 heteroatoms. The van der Waals surface area contributed by atoms with Crippen molar-refractivity contribution in [3.63, 3.8) is 0 Å². The summed E-state index contributed by atoms with van der Waals surface area (Å²) in [5.74, 6) is -0.0924. The lowest BCUT2D eigenvalue weighted by atomic mass is 10.3. The first-order valence-electron chi connectivity index (χ1n) is 7.09. The van der Waals surface area contributed by atoms with Gasteiger partial charge in [-0.3, -0.25) is 4.79 Å². The molecule has 0 spiro atoms. The zero-order valence-electron chi connectivity index (χ0n) is 12.7. The van der Waals surface area contributed by atoms with Crippen molar-refractivity contribution >= 4 is 15.9 Å². The van der Waals surface area contributed by atoms with E-state index < -0.39 is 10.0 Å². The maximum Gasteiger partial charge on any atom is 0.237 e. The normalized spacial score (nSPS) is 11.8. The Kier molecular flexibility index (Phi) is 9.01. The predicted octanol–water partition coefficient (Wildman–Crippen LogP) is 1.70. The molecular formula is C13H28N2O3S. The standard InChI is InChI=1S/C13H28N2O3S/c1-5-8-11-15(19(4,17)18)12-13(16)14(9-6-2)10-7-3/h5-12H2,1-4H3. The van der Waals surface area contributed by atoms with Crippen LogP contribution in [0.2, 0.25) is 0 Å². The van der Waals surface area contributed by atoms with Gasteiger partial charge in [0.1, 0.15) is 0 Å². The average molecular weight is 292 g/mol. The molecule has 5 nitrogen and oxygen atoms in total. The van der Waals surface area contributed by atoms with Gasteiger partial charge in [-0.1, -0.05) is 27.2 Å². The maximum absolute atomic E-state index is 12.2. The lowest BCUT2D eigenvalue weighted by Gasteiger charge is -2.25. The predicted molar refractivity (Wildman–Crippen MR) is 78.5 cm³/mol. The zero-order valence-corrected chi connectivity index (χ0v) is 13.5. The second-order valence-corrected chi connectivity index (χ2v) is 6.81. The van der Waals surface area contributed by atoms with E-state index in [-0.39, 0.29) is 12.5 Å². The highest BCUT2D eigenvalue weighted by molar-refractivity contribution is 7.88. The van der Waals surface area contributed by atoms with Crippen LogP contribution < -0.4 is 0 Å². The van der Waals surface area contributed by atoms with Gasteiger partial charge in [-0.25, -0.2) is 8.42 Å². The Morgan fingerprint density at radius 3 is 1.84 bits per heavy atom. The van der Waals surface area contributed by atoms with Crippen molar-refractivity contribution in [3.8, 4) is 0 Å². The van der Waals surface area contributed by atoms with Crippen LogP contribution in [-0.4, -0.2) is 56.0 Å². The van der Waals surface area contributed by atoms with Crippen LogP contribution in [0, 0.1) is 0 Å². The highest BCUT2D eigenvalue weighted by Gasteiger charge is 2.22. The molecule has 0 aromatic heterocycles. The first-order chi connectivity index (χ1) is 8.86. The second-order valence-electron chi connectivity index (χ2n) is 4.83. The first kappa shape index (κ1) is 18.4. The lowest BCUT2D eigenvalue weighted by molar-refractivity contribution is -0.131. The van der Waals surface area contributed by atoms with E-state index in [2.05, 4.69) is 0 Å². The summed E-state index contributed by atoms with van der Waals surface area (Å²) in [6, 6.07) is 0. The minimum Gasteiger partial charge on any atom is -0.342 e. The quantitative estimate of drug-likeness (QED) is 0.616. The number of carbonyl (C=O) groups excluding carboxylic acids is 1. The summed E-state index contributed by atoms with van der Waals surface area (Å²) >= 11 is 0. The SMILES string of the molecule is CCCCN(CC(=O)N(CCC)CCC)S(C)(=O)=O. The highest BCUT2D eigenvalue weighted by Crippen LogP contribution is 2.04. The third kappa shape index (κ3) is 7.52. The van der Waals surface area contributed by atoms with Gasteiger partial charge in [0.25, 0.3) is 0 Å². The molecule has 0 saturated carbocycles. The Labute approximate surface area is 118 Å². The number of rotatable bonds is 10. The van der Waals surface area contributed by atoms with E-state index in [0.29, 0.717) is 19.6 Å². The van der Waals surface area contributed by atoms with Crippen molar-refractivity contribution in [1.82, 2.24) is 9.21 Å². The van der Waals surface area contributed by atoms with Crippen LogP contribution in [0.4, 0.5) is 0 Å². The molecule has 0 aliphatic carbocycles. The molecule has 0 radical (unpaired) electrons. The molecule has 0 atom stereocenters. The summed E-state index contributed by atoms with van der Waals surface area (Å²) in [6.45, 7) is 7.81. The topological polar surface area (TPSA) is 57.7 Å². The molecule has 19 heavy (non-hydrogen) atoms. The van der Waals surface area contributed by atoms with E-state index in [4.69, 9.17) is 0 Å². The summed E-state index contributed by atoms with van der Waals surface area (Å²) < 4.78 is 24.6. The van der Waals surface area contributed by atoms with Crippen LogP contribution in [0.1, 0.15) is 46.5 Å². The van der Waals surface area contributed by atoms with Gasteiger partial charge in [0.05, 0.1) is 12.8 Å². The van der Waals surface area contributed by atoms with Gasteiger partial charge < -0.3 is 4.90 Å². The van der Waals surface area contributed by atoms with E-state index >= 15 is 0 Å². The van der Waals surface area contributed by atoms with E-state index in [9.17, 15) is 13.2 Å². The highest BCUT2D eigenvalue weighted by atomic mass is 32.2. The molecule has 0 fully saturated rings. The van der Waals surface area contributed by atoms with Gasteiger partial charge in [0.2, 0.25) is 15.9 Å². The number of sulfonamides is 1. The zero-order chi connectivity index (χ0) is 14.9. The number of carbonyl (C=O) groups is 1. The molecular weight excluding hydrogens is 264 g/mol. The van der Waals surface area contributed by atoms with Gasteiger partial charge in [0, 0.05) is 19.6 Å². The minimum atomic E-state index is -3.31. The molecule has 114 valence electrons. The summed E-state index contributed by atoms with van der Waals surface area (Å²) in [4.78, 5) is 13.9. The van der Waals surface area contributed by atoms with Crippen molar-refractivity contribution in [1.29, 1.82) is 0 Å². The molecule has 0 bridgehead atoms. The second kappa shape index (κ2) is 9.31. The monoisotopic (exact) mass is 292 g/mol. The number of nitrogens with zero attached hydrogens (tertiary/aromatic N) is 2. The molecule has 0 aliphatic heterocycles. The van der Waals surface area contributed by atoms with Crippen LogP contribution in [0.25, 0.3) is 0 Å². The van der Waals surface area contributed by atoms with Crippen LogP contribution >= 0.6 is 0 Å². The maximum atomic E-state index is 12.2. The molecule has 0 aromatic rings. The number of amides is 1. The van der Waals surface area contributed by atoms with Crippen molar-refractivity contribution < 1.29 is 13.2 Å². The number of unbranched alkanes of at least 4 members (excludes halogenated alkanes) is 1. The van der Waals surface area contributed by atoms with Crippen molar-refractivity contribution in [2.75, 3.05) is 32.4 Å². The fourth-order valence-corrected chi connectivity index (χ4v) is 2.65. The van der Waals surface area contributed by atoms with Gasteiger partial charge in [-0.2, -0.15) is 4.31 Å². The van der Waals surface area contributed by atoms with Gasteiger partial charge in [0.15, 0.2) is 0 Å². The van der Waals surface area contributed by atoms with Gasteiger partial charge in [-0.05, 0) is 19.3 Å². The molecule has 0 unspecified atom stereocenters. The molecule has 1 amide bonds. The van der Waals surface area contributed by atoms with Gasteiger partial charge in [-0.15, -0.1) is 0 Å². The number of hydrogen-bond acceptors (Lipinski definition) is 3. The smallest absolute Gasteiger partial charge is 0.237 e. The van der Waals surface area contributed by atoms with Gasteiger partial charge >= 0.3 is 0 Å². The first-order valence-corrected chi connectivity index (χ1v) is 8.94. The molecule has 0 N–H and O–H groups in total. The molecule has 0 aromatic carbocycles. The van der Waals surface area contributed by atoms with E-state index in [1.165, 1.54) is 10.6 Å². The van der Waals surface area contributed by atoms with Crippen molar-refractivity contribution in [2.24, 2.45) is 0 Å². The lowest BCUT2D eigenvalue weighted by Crippen LogP contribution is -2.43. The summed E-state index contributed by atoms with van der Waals surface area (Å²) in [5.41, 5.74) is 0. The van der Waals surface area contributed by atoms with Crippen LogP contribution in [0.5, 0.6) is 0 Å². The van der Waals surface area contributed by atoms with Crippen molar-refractivity contribution in [2.45, 2.75) is 46.5 Å². The molecule has 0 heterocycles. The third-order valence-electron chi connectivity index (χ3n) is 2.88. The Hall–Kier alpha value is -0.620. The molecule has 0 rings (SSSR count). The van der Waals surface area contributed by atoms with E-state index in [1.54, 1.807) is 4.90 Å². The van der Waals surface area contributed by atoms with Crippen LogP contribution in [0.3, 0.4) is 0 Å². The Balaban J connectivity index is 4.67.